The molecule has 0 saturated heterocycles. The van der Waals surface area contributed by atoms with Gasteiger partial charge in [-0.15, -0.1) is 0 Å². The maximum absolute atomic E-state index is 12.4. The predicted octanol–water partition coefficient (Wildman–Crippen LogP) is 2.83. The summed E-state index contributed by atoms with van der Waals surface area (Å²) in [6.07, 6.45) is 5.48. The fourth-order valence-electron chi connectivity index (χ4n) is 2.78. The van der Waals surface area contributed by atoms with Gasteiger partial charge >= 0.3 is 0 Å². The Morgan fingerprint density at radius 2 is 1.78 bits per heavy atom. The Balaban J connectivity index is 2.14. The molecule has 1 amide bonds. The lowest BCUT2D eigenvalue weighted by atomic mass is 9.95. The van der Waals surface area contributed by atoms with Crippen molar-refractivity contribution in [1.29, 1.82) is 0 Å². The van der Waals surface area contributed by atoms with E-state index in [0.717, 1.165) is 25.7 Å². The minimum Gasteiger partial charge on any atom is -0.349 e. The first-order valence-electron chi connectivity index (χ1n) is 8.12. The van der Waals surface area contributed by atoms with Crippen LogP contribution >= 0.6 is 0 Å². The minimum atomic E-state index is -3.64. The number of carbonyl (C=O) groups excluding carboxylic acids is 1. The van der Waals surface area contributed by atoms with Crippen molar-refractivity contribution < 1.29 is 13.2 Å². The second-order valence-electron chi connectivity index (χ2n) is 7.19. The van der Waals surface area contributed by atoms with E-state index < -0.39 is 15.6 Å². The Morgan fingerprint density at radius 3 is 2.39 bits per heavy atom. The highest BCUT2D eigenvalue weighted by atomic mass is 32.2. The number of nitrogens with one attached hydrogen (secondary N) is 2. The van der Waals surface area contributed by atoms with Crippen molar-refractivity contribution in [1.82, 2.24) is 10.0 Å². The third-order valence-electron chi connectivity index (χ3n) is 3.79. The lowest BCUT2D eigenvalue weighted by Gasteiger charge is -2.23. The first-order valence-corrected chi connectivity index (χ1v) is 9.61. The highest BCUT2D eigenvalue weighted by Gasteiger charge is 2.23. The molecular weight excluding hydrogens is 312 g/mol. The molecule has 6 heteroatoms. The summed E-state index contributed by atoms with van der Waals surface area (Å²) in [7, 11) is -3.64. The van der Waals surface area contributed by atoms with Gasteiger partial charge in [0.25, 0.3) is 5.91 Å². The molecule has 0 spiro atoms. The van der Waals surface area contributed by atoms with Crippen molar-refractivity contribution >= 4 is 15.9 Å². The fourth-order valence-corrected chi connectivity index (χ4v) is 4.25. The molecule has 0 aromatic heterocycles. The number of sulfonamides is 1. The third-order valence-corrected chi connectivity index (χ3v) is 5.54. The van der Waals surface area contributed by atoms with Gasteiger partial charge in [0.05, 0.1) is 4.90 Å². The Morgan fingerprint density at radius 1 is 1.13 bits per heavy atom. The number of amides is 1. The van der Waals surface area contributed by atoms with Gasteiger partial charge in [-0.25, -0.2) is 13.1 Å². The molecule has 1 fully saturated rings. The zero-order chi connectivity index (χ0) is 17.1. The van der Waals surface area contributed by atoms with E-state index in [9.17, 15) is 13.2 Å². The maximum Gasteiger partial charge on any atom is 0.251 e. The lowest BCUT2D eigenvalue weighted by molar-refractivity contribution is 0.0927. The van der Waals surface area contributed by atoms with Gasteiger partial charge in [0.2, 0.25) is 10.0 Å². The zero-order valence-corrected chi connectivity index (χ0v) is 14.9. The van der Waals surface area contributed by atoms with Crippen molar-refractivity contribution in [2.45, 2.75) is 69.4 Å². The van der Waals surface area contributed by atoms with Crippen LogP contribution in [0.2, 0.25) is 0 Å². The SMILES string of the molecule is CC(C)(C)NS(=O)(=O)c1cccc(C(=O)NC2CCCCC2)c1. The average molecular weight is 338 g/mol. The second-order valence-corrected chi connectivity index (χ2v) is 8.87. The van der Waals surface area contributed by atoms with Gasteiger partial charge < -0.3 is 5.32 Å². The normalized spacial score (nSPS) is 17.0. The first kappa shape index (κ1) is 17.9. The molecule has 0 heterocycles. The quantitative estimate of drug-likeness (QED) is 0.886. The van der Waals surface area contributed by atoms with Gasteiger partial charge in [-0.1, -0.05) is 25.3 Å². The molecule has 0 unspecified atom stereocenters. The van der Waals surface area contributed by atoms with Crippen molar-refractivity contribution in [3.8, 4) is 0 Å². The van der Waals surface area contributed by atoms with Crippen LogP contribution in [0.5, 0.6) is 0 Å². The Hall–Kier alpha value is -1.40. The number of hydrogen-bond donors (Lipinski definition) is 2. The number of hydrogen-bond acceptors (Lipinski definition) is 3. The van der Waals surface area contributed by atoms with E-state index in [2.05, 4.69) is 10.0 Å². The van der Waals surface area contributed by atoms with Crippen molar-refractivity contribution in [2.75, 3.05) is 0 Å². The summed E-state index contributed by atoms with van der Waals surface area (Å²) < 4.78 is 27.3. The average Bonchev–Trinajstić information content (AvgIpc) is 2.46. The van der Waals surface area contributed by atoms with Crippen LogP contribution in [0.15, 0.2) is 29.2 Å². The summed E-state index contributed by atoms with van der Waals surface area (Å²) in [6.45, 7) is 5.35. The van der Waals surface area contributed by atoms with Crippen LogP contribution in [0.3, 0.4) is 0 Å². The molecule has 2 N–H and O–H groups in total. The summed E-state index contributed by atoms with van der Waals surface area (Å²) in [6, 6.07) is 6.39. The van der Waals surface area contributed by atoms with E-state index in [1.807, 2.05) is 0 Å². The molecule has 1 saturated carbocycles. The lowest BCUT2D eigenvalue weighted by Crippen LogP contribution is -2.40. The predicted molar refractivity (Wildman–Crippen MR) is 90.9 cm³/mol. The van der Waals surface area contributed by atoms with Gasteiger partial charge in [-0.3, -0.25) is 4.79 Å². The Kier molecular flexibility index (Phi) is 5.47. The molecule has 2 rings (SSSR count). The van der Waals surface area contributed by atoms with Crippen LogP contribution in [-0.2, 0) is 10.0 Å². The van der Waals surface area contributed by atoms with Crippen LogP contribution in [-0.4, -0.2) is 25.9 Å². The minimum absolute atomic E-state index is 0.115. The van der Waals surface area contributed by atoms with E-state index in [0.29, 0.717) is 5.56 Å². The van der Waals surface area contributed by atoms with E-state index in [4.69, 9.17) is 0 Å². The molecule has 1 aliphatic carbocycles. The number of carbonyl (C=O) groups is 1. The van der Waals surface area contributed by atoms with Crippen LogP contribution in [0.25, 0.3) is 0 Å². The molecule has 1 aromatic rings. The van der Waals surface area contributed by atoms with E-state index >= 15 is 0 Å². The fraction of sp³-hybridized carbons (Fsp3) is 0.588. The highest BCUT2D eigenvalue weighted by Crippen LogP contribution is 2.19. The van der Waals surface area contributed by atoms with Crippen LogP contribution in [0.1, 0.15) is 63.2 Å². The summed E-state index contributed by atoms with van der Waals surface area (Å²) in [4.78, 5) is 12.5. The monoisotopic (exact) mass is 338 g/mol. The first-order chi connectivity index (χ1) is 10.7. The zero-order valence-electron chi connectivity index (χ0n) is 14.1. The van der Waals surface area contributed by atoms with Gasteiger partial charge in [-0.2, -0.15) is 0 Å². The highest BCUT2D eigenvalue weighted by molar-refractivity contribution is 7.89. The molecule has 0 radical (unpaired) electrons. The molecule has 0 atom stereocenters. The van der Waals surface area contributed by atoms with Crippen LogP contribution in [0.4, 0.5) is 0 Å². The summed E-state index contributed by atoms with van der Waals surface area (Å²) >= 11 is 0. The molecule has 23 heavy (non-hydrogen) atoms. The smallest absolute Gasteiger partial charge is 0.251 e. The summed E-state index contributed by atoms with van der Waals surface area (Å²) in [5.74, 6) is -0.204. The molecule has 1 aliphatic rings. The van der Waals surface area contributed by atoms with Gasteiger partial charge in [0, 0.05) is 17.1 Å². The van der Waals surface area contributed by atoms with Gasteiger partial charge in [0.15, 0.2) is 0 Å². The second kappa shape index (κ2) is 7.01. The van der Waals surface area contributed by atoms with Crippen LogP contribution in [0, 0.1) is 0 Å². The number of rotatable bonds is 4. The Labute approximate surface area is 138 Å². The molecule has 1 aromatic carbocycles. The number of benzene rings is 1. The molecule has 0 aliphatic heterocycles. The van der Waals surface area contributed by atoms with E-state index in [1.54, 1.807) is 32.9 Å². The Bertz CT molecular complexity index is 657. The summed E-state index contributed by atoms with van der Waals surface area (Å²) in [5, 5.41) is 3.01. The molecule has 5 nitrogen and oxygen atoms in total. The summed E-state index contributed by atoms with van der Waals surface area (Å²) in [5.41, 5.74) is -0.188. The molecule has 128 valence electrons. The van der Waals surface area contributed by atoms with Crippen molar-refractivity contribution in [3.05, 3.63) is 29.8 Å². The van der Waals surface area contributed by atoms with Gasteiger partial charge in [0.1, 0.15) is 0 Å². The van der Waals surface area contributed by atoms with Gasteiger partial charge in [-0.05, 0) is 51.8 Å². The topological polar surface area (TPSA) is 75.3 Å². The van der Waals surface area contributed by atoms with Crippen LogP contribution < -0.4 is 10.0 Å². The maximum atomic E-state index is 12.4. The standard InChI is InChI=1S/C17H26N2O3S/c1-17(2,3)19-23(21,22)15-11-7-8-13(12-15)16(20)18-14-9-5-4-6-10-14/h7-8,11-12,14,19H,4-6,9-10H2,1-3H3,(H,18,20). The van der Waals surface area contributed by atoms with E-state index in [-0.39, 0.29) is 16.8 Å². The van der Waals surface area contributed by atoms with E-state index in [1.165, 1.54) is 18.6 Å². The third kappa shape index (κ3) is 5.32. The molecule has 0 bridgehead atoms. The van der Waals surface area contributed by atoms with Crippen molar-refractivity contribution in [2.24, 2.45) is 0 Å². The van der Waals surface area contributed by atoms with Crippen molar-refractivity contribution in [3.63, 3.8) is 0 Å². The molecular formula is C17H26N2O3S. The largest absolute Gasteiger partial charge is 0.349 e.